The third kappa shape index (κ3) is 4.82. The van der Waals surface area contributed by atoms with Crippen molar-refractivity contribution in [2.45, 2.75) is 64.1 Å². The molecule has 2 saturated carbocycles. The molecule has 6 heteroatoms. The molecule has 4 rings (SSSR count). The van der Waals surface area contributed by atoms with Crippen molar-refractivity contribution in [3.05, 3.63) is 28.2 Å². The molecule has 0 aromatic heterocycles. The van der Waals surface area contributed by atoms with E-state index in [1.807, 2.05) is 25.7 Å². The summed E-state index contributed by atoms with van der Waals surface area (Å²) >= 11 is 3.57. The summed E-state index contributed by atoms with van der Waals surface area (Å²) in [7, 11) is 0. The van der Waals surface area contributed by atoms with Crippen molar-refractivity contribution < 1.29 is 14.3 Å². The van der Waals surface area contributed by atoms with Crippen LogP contribution in [-0.4, -0.2) is 53.3 Å². The van der Waals surface area contributed by atoms with Crippen LogP contribution < -0.4 is 4.74 Å². The molecule has 1 saturated heterocycles. The summed E-state index contributed by atoms with van der Waals surface area (Å²) in [6, 6.07) is 6.33. The topological polar surface area (TPSA) is 42.0 Å². The van der Waals surface area contributed by atoms with Gasteiger partial charge in [-0.2, -0.15) is 0 Å². The number of amides is 1. The Balaban J connectivity index is 1.40. The fourth-order valence-electron chi connectivity index (χ4n) is 3.89. The van der Waals surface area contributed by atoms with Gasteiger partial charge in [0.15, 0.2) is 0 Å². The molecule has 3 aliphatic rings. The second kappa shape index (κ2) is 7.52. The van der Waals surface area contributed by atoms with E-state index in [1.54, 1.807) is 0 Å². The highest BCUT2D eigenvalue weighted by Crippen LogP contribution is 2.45. The quantitative estimate of drug-likeness (QED) is 0.644. The Morgan fingerprint density at radius 1 is 1.25 bits per heavy atom. The Kier molecular flexibility index (Phi) is 5.38. The predicted octanol–water partition coefficient (Wildman–Crippen LogP) is 4.82. The van der Waals surface area contributed by atoms with Crippen LogP contribution in [0.4, 0.5) is 4.79 Å². The summed E-state index contributed by atoms with van der Waals surface area (Å²) in [5.74, 6) is 1.72. The lowest BCUT2D eigenvalue weighted by molar-refractivity contribution is -0.00819. The summed E-state index contributed by atoms with van der Waals surface area (Å²) in [5, 5.41) is 0. The number of piperazine rings is 1. The van der Waals surface area contributed by atoms with Gasteiger partial charge in [-0.15, -0.1) is 0 Å². The van der Waals surface area contributed by atoms with Crippen molar-refractivity contribution in [2.75, 3.05) is 26.2 Å². The van der Waals surface area contributed by atoms with Gasteiger partial charge in [-0.3, -0.25) is 9.80 Å². The molecule has 1 heterocycles. The second-order valence-corrected chi connectivity index (χ2v) is 10.5. The van der Waals surface area contributed by atoms with E-state index < -0.39 is 5.60 Å². The van der Waals surface area contributed by atoms with E-state index in [2.05, 4.69) is 39.0 Å². The van der Waals surface area contributed by atoms with Crippen molar-refractivity contribution in [3.8, 4) is 5.75 Å². The monoisotopic (exact) mass is 450 g/mol. The van der Waals surface area contributed by atoms with Gasteiger partial charge in [0.1, 0.15) is 11.4 Å². The number of hydrogen-bond acceptors (Lipinski definition) is 4. The van der Waals surface area contributed by atoms with E-state index in [0.29, 0.717) is 0 Å². The van der Waals surface area contributed by atoms with Crippen molar-refractivity contribution >= 4 is 22.0 Å². The molecule has 1 aromatic rings. The first kappa shape index (κ1) is 20.0. The number of halogens is 1. The Morgan fingerprint density at radius 2 is 2.00 bits per heavy atom. The number of nitrogens with zero attached hydrogens (tertiary/aromatic N) is 2. The fraction of sp³-hybridized carbons (Fsp3) is 0.682. The van der Waals surface area contributed by atoms with E-state index in [-0.39, 0.29) is 11.6 Å². The van der Waals surface area contributed by atoms with Crippen LogP contribution in [0.15, 0.2) is 22.7 Å². The third-order valence-electron chi connectivity index (χ3n) is 5.77. The lowest BCUT2D eigenvalue weighted by Gasteiger charge is -2.42. The minimum Gasteiger partial charge on any atom is -0.493 e. The van der Waals surface area contributed by atoms with Crippen molar-refractivity contribution in [1.82, 2.24) is 9.80 Å². The van der Waals surface area contributed by atoms with E-state index >= 15 is 0 Å². The first-order valence-corrected chi connectivity index (χ1v) is 11.2. The Hall–Kier alpha value is -1.27. The number of rotatable bonds is 5. The van der Waals surface area contributed by atoms with Crippen molar-refractivity contribution in [2.24, 2.45) is 5.92 Å². The third-order valence-corrected chi connectivity index (χ3v) is 6.26. The van der Waals surface area contributed by atoms with Crippen LogP contribution >= 0.6 is 15.9 Å². The summed E-state index contributed by atoms with van der Waals surface area (Å²) in [4.78, 5) is 17.1. The highest BCUT2D eigenvalue weighted by atomic mass is 79.9. The maximum atomic E-state index is 12.6. The normalized spacial score (nSPS) is 21.6. The van der Waals surface area contributed by atoms with E-state index in [9.17, 15) is 4.79 Å². The second-order valence-electron chi connectivity index (χ2n) is 9.57. The van der Waals surface area contributed by atoms with E-state index in [4.69, 9.17) is 9.47 Å². The molecule has 0 unspecified atom stereocenters. The van der Waals surface area contributed by atoms with Gasteiger partial charge in [-0.1, -0.05) is 22.0 Å². The van der Waals surface area contributed by atoms with E-state index in [0.717, 1.165) is 61.8 Å². The molecule has 1 aliphatic heterocycles. The average molecular weight is 451 g/mol. The lowest BCUT2D eigenvalue weighted by atomic mass is 10.1. The Morgan fingerprint density at radius 3 is 2.64 bits per heavy atom. The van der Waals surface area contributed by atoms with Crippen LogP contribution in [-0.2, 0) is 11.3 Å². The van der Waals surface area contributed by atoms with Gasteiger partial charge < -0.3 is 9.47 Å². The van der Waals surface area contributed by atoms with Gasteiger partial charge in [0.05, 0.1) is 12.1 Å². The van der Waals surface area contributed by atoms with Crippen LogP contribution in [0, 0.1) is 5.92 Å². The first-order valence-electron chi connectivity index (χ1n) is 10.4. The molecule has 1 spiro atoms. The number of hydrogen-bond donors (Lipinski definition) is 0. The zero-order valence-corrected chi connectivity index (χ0v) is 18.8. The van der Waals surface area contributed by atoms with Gasteiger partial charge in [0.2, 0.25) is 0 Å². The van der Waals surface area contributed by atoms with Crippen molar-refractivity contribution in [3.63, 3.8) is 0 Å². The van der Waals surface area contributed by atoms with Gasteiger partial charge >= 0.3 is 6.09 Å². The van der Waals surface area contributed by atoms with Crippen molar-refractivity contribution in [1.29, 1.82) is 0 Å². The number of carbonyl (C=O) groups is 1. The minimum atomic E-state index is -0.449. The summed E-state index contributed by atoms with van der Waals surface area (Å²) in [6.07, 6.45) is 4.54. The summed E-state index contributed by atoms with van der Waals surface area (Å²) in [5.41, 5.74) is 0.742. The summed E-state index contributed by atoms with van der Waals surface area (Å²) < 4.78 is 12.8. The SMILES string of the molecule is CC(C)(C)OC(=O)N1CCN(Cc2ccc(Br)cc2OCC2CC2)CC12CC2. The van der Waals surface area contributed by atoms with Gasteiger partial charge in [0.25, 0.3) is 0 Å². The first-order chi connectivity index (χ1) is 13.2. The average Bonchev–Trinajstić information content (AvgIpc) is 3.51. The predicted molar refractivity (Wildman–Crippen MR) is 113 cm³/mol. The van der Waals surface area contributed by atoms with E-state index in [1.165, 1.54) is 18.4 Å². The molecular weight excluding hydrogens is 420 g/mol. The van der Waals surface area contributed by atoms with Crippen LogP contribution in [0.1, 0.15) is 52.0 Å². The largest absolute Gasteiger partial charge is 0.493 e. The molecule has 1 aromatic carbocycles. The number of carbonyl (C=O) groups excluding carboxylic acids is 1. The van der Waals surface area contributed by atoms with Gasteiger partial charge in [-0.25, -0.2) is 4.79 Å². The van der Waals surface area contributed by atoms with Gasteiger partial charge in [-0.05, 0) is 64.5 Å². The molecule has 154 valence electrons. The van der Waals surface area contributed by atoms with Gasteiger partial charge in [0, 0.05) is 36.2 Å². The zero-order valence-electron chi connectivity index (χ0n) is 17.2. The molecule has 0 N–H and O–H groups in total. The number of benzene rings is 1. The smallest absolute Gasteiger partial charge is 0.410 e. The maximum absolute atomic E-state index is 12.6. The standard InChI is InChI=1S/C22H31BrN2O3/c1-21(2,3)28-20(26)25-11-10-24(15-22(25)8-9-22)13-17-6-7-18(23)12-19(17)27-14-16-4-5-16/h6-7,12,16H,4-5,8-11,13-15H2,1-3H3. The molecule has 28 heavy (non-hydrogen) atoms. The maximum Gasteiger partial charge on any atom is 0.410 e. The molecule has 0 bridgehead atoms. The number of ether oxygens (including phenoxy) is 2. The molecule has 2 aliphatic carbocycles. The minimum absolute atomic E-state index is 0.0367. The van der Waals surface area contributed by atoms with Crippen LogP contribution in [0.3, 0.4) is 0 Å². The molecule has 0 atom stereocenters. The fourth-order valence-corrected chi connectivity index (χ4v) is 4.23. The highest BCUT2D eigenvalue weighted by molar-refractivity contribution is 9.10. The van der Waals surface area contributed by atoms with Crippen LogP contribution in [0.25, 0.3) is 0 Å². The Bertz CT molecular complexity index is 738. The Labute approximate surface area is 176 Å². The van der Waals surface area contributed by atoms with Crippen LogP contribution in [0.5, 0.6) is 5.75 Å². The molecular formula is C22H31BrN2O3. The molecule has 0 radical (unpaired) electrons. The molecule has 1 amide bonds. The lowest BCUT2D eigenvalue weighted by Crippen LogP contribution is -2.57. The molecule has 3 fully saturated rings. The molecule has 5 nitrogen and oxygen atoms in total. The highest BCUT2D eigenvalue weighted by Gasteiger charge is 2.54. The zero-order chi connectivity index (χ0) is 19.9. The summed E-state index contributed by atoms with van der Waals surface area (Å²) in [6.45, 7) is 9.95. The van der Waals surface area contributed by atoms with Crippen LogP contribution in [0.2, 0.25) is 0 Å².